The van der Waals surface area contributed by atoms with Gasteiger partial charge in [-0.1, -0.05) is 41.7 Å². The zero-order valence-corrected chi connectivity index (χ0v) is 15.4. The van der Waals surface area contributed by atoms with Crippen molar-refractivity contribution in [2.45, 2.75) is 6.92 Å². The number of carbonyl (C=O) groups is 1. The standard InChI is InChI=1S/C18H17N3O2S2/c1-11-7-3-5-9-13(11)21-16(19)15(25-18(21)24)17(22)20-12-8-4-6-10-14(12)23-2/h3-10H,19H2,1-2H3,(H,20,22). The number of anilines is 2. The largest absolute Gasteiger partial charge is 0.495 e. The maximum absolute atomic E-state index is 12.7. The van der Waals surface area contributed by atoms with Crippen LogP contribution in [0, 0.1) is 10.9 Å². The number of hydrogen-bond donors (Lipinski definition) is 2. The van der Waals surface area contributed by atoms with Gasteiger partial charge in [0.05, 0.1) is 18.5 Å². The van der Waals surface area contributed by atoms with Gasteiger partial charge in [0.15, 0.2) is 3.95 Å². The molecule has 7 heteroatoms. The highest BCUT2D eigenvalue weighted by Crippen LogP contribution is 2.30. The molecular weight excluding hydrogens is 354 g/mol. The molecule has 0 aliphatic heterocycles. The zero-order chi connectivity index (χ0) is 18.0. The summed E-state index contributed by atoms with van der Waals surface area (Å²) in [5, 5.41) is 2.83. The zero-order valence-electron chi connectivity index (χ0n) is 13.8. The van der Waals surface area contributed by atoms with Crippen LogP contribution in [0.5, 0.6) is 5.75 Å². The molecule has 0 aliphatic carbocycles. The van der Waals surface area contributed by atoms with E-state index in [0.717, 1.165) is 11.3 Å². The lowest BCUT2D eigenvalue weighted by atomic mass is 10.2. The molecule has 0 unspecified atom stereocenters. The summed E-state index contributed by atoms with van der Waals surface area (Å²) in [6, 6.07) is 15.0. The van der Waals surface area contributed by atoms with Gasteiger partial charge < -0.3 is 15.8 Å². The van der Waals surface area contributed by atoms with E-state index >= 15 is 0 Å². The molecule has 0 bridgehead atoms. The number of nitrogens with one attached hydrogen (secondary N) is 1. The quantitative estimate of drug-likeness (QED) is 0.666. The minimum absolute atomic E-state index is 0.314. The molecule has 0 spiro atoms. The van der Waals surface area contributed by atoms with Gasteiger partial charge in [0.25, 0.3) is 5.91 Å². The molecule has 3 N–H and O–H groups in total. The number of nitrogens with two attached hydrogens (primary N) is 1. The third-order valence-corrected chi connectivity index (χ3v) is 5.15. The van der Waals surface area contributed by atoms with Crippen molar-refractivity contribution in [2.75, 3.05) is 18.2 Å². The lowest BCUT2D eigenvalue weighted by molar-refractivity contribution is 0.103. The SMILES string of the molecule is COc1ccccc1NC(=O)c1sc(=S)n(-c2ccccc2C)c1N. The van der Waals surface area contributed by atoms with Crippen LogP contribution in [-0.2, 0) is 0 Å². The molecule has 1 amide bonds. The van der Waals surface area contributed by atoms with Crippen molar-refractivity contribution in [1.29, 1.82) is 0 Å². The van der Waals surface area contributed by atoms with E-state index in [1.165, 1.54) is 11.3 Å². The second kappa shape index (κ2) is 7.08. The molecule has 0 saturated heterocycles. The summed E-state index contributed by atoms with van der Waals surface area (Å²) in [7, 11) is 1.55. The van der Waals surface area contributed by atoms with E-state index in [-0.39, 0.29) is 5.91 Å². The van der Waals surface area contributed by atoms with Gasteiger partial charge in [0, 0.05) is 0 Å². The lowest BCUT2D eigenvalue weighted by Crippen LogP contribution is -2.14. The number of amides is 1. The van der Waals surface area contributed by atoms with Crippen molar-refractivity contribution in [3.63, 3.8) is 0 Å². The van der Waals surface area contributed by atoms with E-state index < -0.39 is 0 Å². The van der Waals surface area contributed by atoms with Crippen LogP contribution in [-0.4, -0.2) is 17.6 Å². The molecule has 1 aromatic heterocycles. The predicted molar refractivity (Wildman–Crippen MR) is 105 cm³/mol. The van der Waals surface area contributed by atoms with E-state index in [2.05, 4.69) is 5.32 Å². The van der Waals surface area contributed by atoms with E-state index in [4.69, 9.17) is 22.7 Å². The monoisotopic (exact) mass is 371 g/mol. The number of nitrogens with zero attached hydrogens (tertiary/aromatic N) is 1. The Bertz CT molecular complexity index is 992. The molecule has 0 aliphatic rings. The van der Waals surface area contributed by atoms with Gasteiger partial charge in [-0.2, -0.15) is 0 Å². The summed E-state index contributed by atoms with van der Waals surface area (Å²) in [4.78, 5) is 13.1. The molecule has 2 aromatic carbocycles. The molecule has 25 heavy (non-hydrogen) atoms. The van der Waals surface area contributed by atoms with Gasteiger partial charge in [-0.15, -0.1) is 0 Å². The highest BCUT2D eigenvalue weighted by molar-refractivity contribution is 7.73. The highest BCUT2D eigenvalue weighted by Gasteiger charge is 2.19. The van der Waals surface area contributed by atoms with E-state index in [1.54, 1.807) is 23.8 Å². The molecule has 1 heterocycles. The number of thiazole rings is 1. The molecule has 3 rings (SSSR count). The number of aryl methyl sites for hydroxylation is 1. The Morgan fingerprint density at radius 2 is 1.88 bits per heavy atom. The average Bonchev–Trinajstić information content (AvgIpc) is 2.90. The smallest absolute Gasteiger partial charge is 0.269 e. The fourth-order valence-corrected chi connectivity index (χ4v) is 3.77. The summed E-state index contributed by atoms with van der Waals surface area (Å²) in [5.74, 6) is 0.596. The van der Waals surface area contributed by atoms with Gasteiger partial charge in [-0.05, 0) is 42.9 Å². The second-order valence-electron chi connectivity index (χ2n) is 5.36. The number of ether oxygens (including phenoxy) is 1. The first-order valence-corrected chi connectivity index (χ1v) is 8.77. The van der Waals surface area contributed by atoms with Crippen molar-refractivity contribution in [3.05, 3.63) is 62.9 Å². The Balaban J connectivity index is 1.99. The molecule has 0 saturated carbocycles. The van der Waals surface area contributed by atoms with Crippen LogP contribution in [0.3, 0.4) is 0 Å². The molecule has 3 aromatic rings. The summed E-state index contributed by atoms with van der Waals surface area (Å²) in [5.41, 5.74) is 8.72. The maximum Gasteiger partial charge on any atom is 0.269 e. The first-order valence-electron chi connectivity index (χ1n) is 7.54. The predicted octanol–water partition coefficient (Wildman–Crippen LogP) is 4.42. The Hall–Kier alpha value is -2.64. The Kier molecular flexibility index (Phi) is 4.87. The minimum atomic E-state index is -0.314. The molecule has 0 fully saturated rings. The van der Waals surface area contributed by atoms with Crippen LogP contribution >= 0.6 is 23.6 Å². The van der Waals surface area contributed by atoms with Crippen molar-refractivity contribution in [3.8, 4) is 11.4 Å². The van der Waals surface area contributed by atoms with Crippen molar-refractivity contribution in [2.24, 2.45) is 0 Å². The molecule has 128 valence electrons. The van der Waals surface area contributed by atoms with Gasteiger partial charge in [0.1, 0.15) is 16.4 Å². The number of nitrogen functional groups attached to an aromatic ring is 1. The summed E-state index contributed by atoms with van der Waals surface area (Å²) in [6.07, 6.45) is 0. The minimum Gasteiger partial charge on any atom is -0.495 e. The fraction of sp³-hybridized carbons (Fsp3) is 0.111. The molecule has 0 radical (unpaired) electrons. The maximum atomic E-state index is 12.7. The fourth-order valence-electron chi connectivity index (χ4n) is 2.52. The molecule has 5 nitrogen and oxygen atoms in total. The van der Waals surface area contributed by atoms with Crippen molar-refractivity contribution < 1.29 is 9.53 Å². The van der Waals surface area contributed by atoms with E-state index in [1.807, 2.05) is 43.3 Å². The summed E-state index contributed by atoms with van der Waals surface area (Å²) in [6.45, 7) is 1.97. The van der Waals surface area contributed by atoms with Crippen LogP contribution < -0.4 is 15.8 Å². The third kappa shape index (κ3) is 3.29. The Morgan fingerprint density at radius 1 is 1.20 bits per heavy atom. The number of methoxy groups -OCH3 is 1. The number of carbonyl (C=O) groups excluding carboxylic acids is 1. The van der Waals surface area contributed by atoms with Crippen LogP contribution in [0.1, 0.15) is 15.2 Å². The van der Waals surface area contributed by atoms with Crippen molar-refractivity contribution >= 4 is 41.0 Å². The van der Waals surface area contributed by atoms with E-state index in [0.29, 0.717) is 26.1 Å². The first-order chi connectivity index (χ1) is 12.0. The Morgan fingerprint density at radius 3 is 2.60 bits per heavy atom. The van der Waals surface area contributed by atoms with Crippen LogP contribution in [0.2, 0.25) is 0 Å². The summed E-state index contributed by atoms with van der Waals surface area (Å²) < 4.78 is 7.51. The molecule has 0 atom stereocenters. The van der Waals surface area contributed by atoms with Crippen LogP contribution in [0.25, 0.3) is 5.69 Å². The van der Waals surface area contributed by atoms with Crippen molar-refractivity contribution in [1.82, 2.24) is 4.57 Å². The lowest BCUT2D eigenvalue weighted by Gasteiger charge is -2.11. The number of benzene rings is 2. The van der Waals surface area contributed by atoms with Gasteiger partial charge in [-0.3, -0.25) is 9.36 Å². The highest BCUT2D eigenvalue weighted by atomic mass is 32.1. The van der Waals surface area contributed by atoms with Crippen LogP contribution in [0.4, 0.5) is 11.5 Å². The van der Waals surface area contributed by atoms with Crippen LogP contribution in [0.15, 0.2) is 48.5 Å². The number of aromatic nitrogens is 1. The summed E-state index contributed by atoms with van der Waals surface area (Å²) >= 11 is 6.62. The Labute approximate surface area is 154 Å². The normalized spacial score (nSPS) is 10.5. The van der Waals surface area contributed by atoms with Gasteiger partial charge in [0.2, 0.25) is 0 Å². The topological polar surface area (TPSA) is 69.3 Å². The number of hydrogen-bond acceptors (Lipinski definition) is 5. The van der Waals surface area contributed by atoms with E-state index in [9.17, 15) is 4.79 Å². The first kappa shape index (κ1) is 17.2. The second-order valence-corrected chi connectivity index (χ2v) is 7.00. The van der Waals surface area contributed by atoms with Gasteiger partial charge in [-0.25, -0.2) is 0 Å². The van der Waals surface area contributed by atoms with Gasteiger partial charge >= 0.3 is 0 Å². The third-order valence-electron chi connectivity index (χ3n) is 3.76. The number of rotatable bonds is 4. The average molecular weight is 371 g/mol. The molecular formula is C18H17N3O2S2. The number of para-hydroxylation sites is 3.